The van der Waals surface area contributed by atoms with Gasteiger partial charge in [-0.05, 0) is 0 Å². The van der Waals surface area contributed by atoms with Crippen molar-refractivity contribution in [3.05, 3.63) is 0 Å². The third kappa shape index (κ3) is 31.8. The molecule has 0 bridgehead atoms. The minimum Gasteiger partial charge on any atom is -0.147 e. The average molecular weight is 236 g/mol. The van der Waals surface area contributed by atoms with Crippen LogP contribution in [-0.2, 0) is 0 Å². The Morgan fingerprint density at radius 3 is 1.15 bits per heavy atom. The molecule has 0 aromatic heterocycles. The normalized spacial score (nSPS) is 9.31. The maximum absolute atomic E-state index is 2.30. The van der Waals surface area contributed by atoms with Gasteiger partial charge in [0.05, 0.1) is 0 Å². The molecular weight excluding hydrogens is 210 g/mol. The molecule has 0 amide bonds. The molecule has 1 radical (unpaired) electrons. The topological polar surface area (TPSA) is 0 Å². The fraction of sp³-hybridized carbons (Fsp3) is 1.00. The van der Waals surface area contributed by atoms with Crippen LogP contribution in [0.4, 0.5) is 0 Å². The van der Waals surface area contributed by atoms with E-state index in [4.69, 9.17) is 0 Å². The van der Waals surface area contributed by atoms with Crippen LogP contribution in [0.5, 0.6) is 0 Å². The van der Waals surface area contributed by atoms with E-state index in [0.717, 1.165) is 15.5 Å². The van der Waals surface area contributed by atoms with E-state index >= 15 is 0 Å². The Balaban J connectivity index is -0.000000150. The molecule has 0 rings (SSSR count). The van der Waals surface area contributed by atoms with E-state index in [9.17, 15) is 0 Å². The molecule has 0 saturated carbocycles. The Bertz CT molecular complexity index is 77.0. The van der Waals surface area contributed by atoms with Crippen LogP contribution in [0.1, 0.15) is 41.5 Å². The molecule has 0 N–H and O–H groups in total. The Morgan fingerprint density at radius 2 is 1.15 bits per heavy atom. The highest BCUT2D eigenvalue weighted by Crippen LogP contribution is 2.07. The van der Waals surface area contributed by atoms with Crippen molar-refractivity contribution in [3.63, 3.8) is 0 Å². The second kappa shape index (κ2) is 13.4. The van der Waals surface area contributed by atoms with Gasteiger partial charge in [-0.25, -0.2) is 0 Å². The van der Waals surface area contributed by atoms with Gasteiger partial charge in [-0.1, -0.05) is 62.3 Å². The standard InChI is InChI=1S/C4H9.2C3H7.2Al.ClH.2H/c1-4(2)3;2*1-3-2;;;;;/h4H,1H2,2-3H3;2*3H,1-2H3;;;1H;;. The minimum absolute atomic E-state index is 0. The lowest BCUT2D eigenvalue weighted by atomic mass is 10.3. The van der Waals surface area contributed by atoms with Crippen LogP contribution in [-0.4, -0.2) is 31.5 Å². The minimum atomic E-state index is 0. The highest BCUT2D eigenvalue weighted by molar-refractivity contribution is 6.38. The lowest BCUT2D eigenvalue weighted by Crippen LogP contribution is -1.98. The monoisotopic (exact) mass is 235 g/mol. The summed E-state index contributed by atoms with van der Waals surface area (Å²) < 4.78 is 1.92. The van der Waals surface area contributed by atoms with Crippen molar-refractivity contribution in [2.45, 2.75) is 56.4 Å². The van der Waals surface area contributed by atoms with Gasteiger partial charge in [0, 0.05) is 0 Å². The quantitative estimate of drug-likeness (QED) is 0.658. The van der Waals surface area contributed by atoms with Gasteiger partial charge < -0.3 is 0 Å². The molecule has 3 heteroatoms. The van der Waals surface area contributed by atoms with Gasteiger partial charge >= 0.3 is 0 Å². The first-order chi connectivity index (χ1) is 5.40. The van der Waals surface area contributed by atoms with Crippen LogP contribution in [0.2, 0.25) is 14.8 Å². The maximum atomic E-state index is 2.30. The first-order valence-electron chi connectivity index (χ1n) is 5.25. The predicted octanol–water partition coefficient (Wildman–Crippen LogP) is 3.46. The summed E-state index contributed by atoms with van der Waals surface area (Å²) >= 11 is 2.09. The van der Waals surface area contributed by atoms with Crippen LogP contribution >= 0.6 is 12.4 Å². The molecule has 0 aliphatic carbocycles. The molecule has 0 fully saturated rings. The third-order valence-corrected chi connectivity index (χ3v) is 4.76. The summed E-state index contributed by atoms with van der Waals surface area (Å²) in [7, 11) is 0. The number of rotatable bonds is 3. The second-order valence-electron chi connectivity index (χ2n) is 4.48. The predicted molar refractivity (Wildman–Crippen MR) is 71.4 cm³/mol. The summed E-state index contributed by atoms with van der Waals surface area (Å²) in [6, 6.07) is 0. The van der Waals surface area contributed by atoms with Crippen LogP contribution in [0.15, 0.2) is 0 Å². The average Bonchev–Trinajstić information content (AvgIpc) is 1.85. The zero-order valence-corrected chi connectivity index (χ0v) is 14.4. The van der Waals surface area contributed by atoms with Gasteiger partial charge in [0.25, 0.3) is 0 Å². The summed E-state index contributed by atoms with van der Waals surface area (Å²) in [5.41, 5.74) is 0. The smallest absolute Gasteiger partial charge is 0.147 e. The van der Waals surface area contributed by atoms with Crippen molar-refractivity contribution >= 4 is 43.9 Å². The summed E-state index contributed by atoms with van der Waals surface area (Å²) in [6.07, 6.45) is 0. The first kappa shape index (κ1) is 19.9. The van der Waals surface area contributed by atoms with Crippen LogP contribution in [0, 0.1) is 5.92 Å². The number of hydrogen-bond acceptors (Lipinski definition) is 0. The van der Waals surface area contributed by atoms with E-state index in [-0.39, 0.29) is 12.4 Å². The highest BCUT2D eigenvalue weighted by Gasteiger charge is 1.99. The first-order valence-corrected chi connectivity index (χ1v) is 7.99. The highest BCUT2D eigenvalue weighted by atomic mass is 35.5. The second-order valence-corrected chi connectivity index (χ2v) is 8.35. The summed E-state index contributed by atoms with van der Waals surface area (Å²) in [5, 5.41) is 1.44. The summed E-state index contributed by atoms with van der Waals surface area (Å²) in [4.78, 5) is 0. The van der Waals surface area contributed by atoms with Crippen molar-refractivity contribution in [2.24, 2.45) is 5.92 Å². The SMILES string of the molecule is CC(C)[CH2][AlH2].C[CH](C)[Al][CH](C)C.Cl. The zero-order chi connectivity index (χ0) is 10.1. The van der Waals surface area contributed by atoms with Crippen molar-refractivity contribution in [1.82, 2.24) is 0 Å². The van der Waals surface area contributed by atoms with Crippen molar-refractivity contribution in [3.8, 4) is 0 Å². The van der Waals surface area contributed by atoms with Crippen molar-refractivity contribution in [2.75, 3.05) is 0 Å². The van der Waals surface area contributed by atoms with Crippen LogP contribution in [0.3, 0.4) is 0 Å². The molecule has 13 heavy (non-hydrogen) atoms. The van der Waals surface area contributed by atoms with E-state index in [1.54, 1.807) is 0 Å². The van der Waals surface area contributed by atoms with Crippen molar-refractivity contribution in [1.29, 1.82) is 0 Å². The van der Waals surface area contributed by atoms with E-state index in [0.29, 0.717) is 15.2 Å². The Labute approximate surface area is 106 Å². The summed E-state index contributed by atoms with van der Waals surface area (Å²) in [5.74, 6) is 0.946. The zero-order valence-electron chi connectivity index (χ0n) is 10.4. The molecule has 79 valence electrons. The van der Waals surface area contributed by atoms with Crippen molar-refractivity contribution < 1.29 is 0 Å². The van der Waals surface area contributed by atoms with Gasteiger partial charge in [0.1, 0.15) is 0 Å². The molecular formula is C10H26Al2Cl. The molecule has 0 aliphatic rings. The van der Waals surface area contributed by atoms with Gasteiger partial charge in [-0.2, -0.15) is 0 Å². The summed E-state index contributed by atoms with van der Waals surface area (Å²) in [6.45, 7) is 13.7. The van der Waals surface area contributed by atoms with E-state index < -0.39 is 0 Å². The number of hydrogen-bond donors (Lipinski definition) is 0. The molecule has 0 aromatic rings. The lowest BCUT2D eigenvalue weighted by Gasteiger charge is -2.02. The van der Waals surface area contributed by atoms with E-state index in [1.165, 1.54) is 21.6 Å². The van der Waals surface area contributed by atoms with Crippen LogP contribution < -0.4 is 0 Å². The Morgan fingerprint density at radius 1 is 0.923 bits per heavy atom. The molecule has 0 nitrogen and oxygen atoms in total. The van der Waals surface area contributed by atoms with Gasteiger partial charge in [-0.3, -0.25) is 0 Å². The third-order valence-electron chi connectivity index (χ3n) is 1.59. The molecule has 0 unspecified atom stereocenters. The molecule has 0 atom stereocenters. The molecule has 0 saturated heterocycles. The fourth-order valence-electron chi connectivity index (χ4n) is 0.770. The van der Waals surface area contributed by atoms with E-state index in [2.05, 4.69) is 41.5 Å². The molecule has 0 spiro atoms. The Hall–Kier alpha value is 1.35. The lowest BCUT2D eigenvalue weighted by molar-refractivity contribution is 0.735. The maximum Gasteiger partial charge on any atom is 0.212 e. The molecule has 0 aliphatic heterocycles. The number of halogens is 1. The Kier molecular flexibility index (Phi) is 20.4. The van der Waals surface area contributed by atoms with Gasteiger partial charge in [0.2, 0.25) is 31.5 Å². The molecule has 0 heterocycles. The molecule has 0 aromatic carbocycles. The van der Waals surface area contributed by atoms with Gasteiger partial charge in [0.15, 0.2) is 0 Å². The van der Waals surface area contributed by atoms with Gasteiger partial charge in [-0.15, -0.1) is 12.4 Å². The fourth-order valence-corrected chi connectivity index (χ4v) is 2.31. The van der Waals surface area contributed by atoms with Crippen LogP contribution in [0.25, 0.3) is 0 Å². The largest absolute Gasteiger partial charge is 0.212 e. The van der Waals surface area contributed by atoms with E-state index in [1.807, 2.05) is 0 Å².